The molecule has 1 aromatic heterocycles. The highest BCUT2D eigenvalue weighted by molar-refractivity contribution is 8.00. The number of ether oxygens (including phenoxy) is 1. The third-order valence-electron chi connectivity index (χ3n) is 4.97. The molecular formula is C22H24N4O2S. The number of benzene rings is 2. The van der Waals surface area contributed by atoms with Crippen LogP contribution in [-0.4, -0.2) is 52.3 Å². The molecule has 0 radical (unpaired) electrons. The number of aromatic nitrogens is 3. The zero-order valence-electron chi connectivity index (χ0n) is 16.4. The van der Waals surface area contributed by atoms with E-state index in [4.69, 9.17) is 4.74 Å². The van der Waals surface area contributed by atoms with Crippen molar-refractivity contribution >= 4 is 17.7 Å². The minimum Gasteiger partial charge on any atom is -0.378 e. The van der Waals surface area contributed by atoms with Crippen molar-refractivity contribution in [3.8, 4) is 11.4 Å². The lowest BCUT2D eigenvalue weighted by Crippen LogP contribution is -2.42. The Balaban J connectivity index is 1.56. The third-order valence-corrected chi connectivity index (χ3v) is 6.08. The molecule has 0 spiro atoms. The molecule has 1 atom stereocenters. The van der Waals surface area contributed by atoms with Crippen LogP contribution in [0.1, 0.15) is 23.3 Å². The molecule has 0 unspecified atom stereocenters. The number of rotatable bonds is 6. The highest BCUT2D eigenvalue weighted by Crippen LogP contribution is 2.35. The molecule has 0 aliphatic carbocycles. The Bertz CT molecular complexity index is 937. The summed E-state index contributed by atoms with van der Waals surface area (Å²) in [5, 5.41) is 7.54. The zero-order chi connectivity index (χ0) is 20.1. The number of H-pyrrole nitrogens is 1. The average Bonchev–Trinajstić information content (AvgIpc) is 3.27. The summed E-state index contributed by atoms with van der Waals surface area (Å²) < 4.78 is 5.39. The van der Waals surface area contributed by atoms with Crippen molar-refractivity contribution in [2.24, 2.45) is 0 Å². The van der Waals surface area contributed by atoms with Crippen LogP contribution in [0.4, 0.5) is 0 Å². The van der Waals surface area contributed by atoms with Crippen LogP contribution in [0.2, 0.25) is 0 Å². The lowest BCUT2D eigenvalue weighted by atomic mass is 10.1. The second kappa shape index (κ2) is 9.24. The zero-order valence-corrected chi connectivity index (χ0v) is 17.2. The Labute approximate surface area is 174 Å². The van der Waals surface area contributed by atoms with Gasteiger partial charge in [-0.25, -0.2) is 4.98 Å². The van der Waals surface area contributed by atoms with E-state index in [1.807, 2.05) is 47.4 Å². The SMILES string of the molecule is CCc1ccc(-c2nc(S[C@H](C(=O)N3CCOCC3)c3ccccc3)n[nH]2)cc1. The molecule has 1 aliphatic heterocycles. The number of hydrogen-bond acceptors (Lipinski definition) is 5. The normalized spacial score (nSPS) is 15.3. The van der Waals surface area contributed by atoms with Gasteiger partial charge in [0.1, 0.15) is 5.25 Å². The first-order valence-electron chi connectivity index (χ1n) is 9.84. The number of nitrogens with one attached hydrogen (secondary N) is 1. The molecule has 2 heterocycles. The van der Waals surface area contributed by atoms with E-state index in [-0.39, 0.29) is 11.2 Å². The van der Waals surface area contributed by atoms with Gasteiger partial charge in [0.15, 0.2) is 5.82 Å². The van der Waals surface area contributed by atoms with Gasteiger partial charge in [0.05, 0.1) is 13.2 Å². The van der Waals surface area contributed by atoms with Crippen LogP contribution in [-0.2, 0) is 16.0 Å². The highest BCUT2D eigenvalue weighted by atomic mass is 32.2. The van der Waals surface area contributed by atoms with Crippen LogP contribution in [0.25, 0.3) is 11.4 Å². The fraction of sp³-hybridized carbons (Fsp3) is 0.318. The molecule has 1 N–H and O–H groups in total. The fourth-order valence-electron chi connectivity index (χ4n) is 3.27. The van der Waals surface area contributed by atoms with Crippen LogP contribution < -0.4 is 0 Å². The third kappa shape index (κ3) is 4.68. The van der Waals surface area contributed by atoms with Crippen molar-refractivity contribution < 1.29 is 9.53 Å². The highest BCUT2D eigenvalue weighted by Gasteiger charge is 2.29. The standard InChI is InChI=1S/C22H24N4O2S/c1-2-16-8-10-18(11-9-16)20-23-22(25-24-20)29-19(17-6-4-3-5-7-17)21(27)26-12-14-28-15-13-26/h3-11,19H,2,12-15H2,1H3,(H,23,24,25)/t19-/m0/s1. The number of morpholine rings is 1. The van der Waals surface area contributed by atoms with Gasteiger partial charge in [-0.2, -0.15) is 0 Å². The topological polar surface area (TPSA) is 71.1 Å². The number of nitrogens with zero attached hydrogens (tertiary/aromatic N) is 3. The predicted molar refractivity (Wildman–Crippen MR) is 114 cm³/mol. The van der Waals surface area contributed by atoms with E-state index in [1.165, 1.54) is 17.3 Å². The minimum absolute atomic E-state index is 0.0724. The molecule has 1 amide bonds. The number of carbonyl (C=O) groups is 1. The first-order chi connectivity index (χ1) is 14.2. The Morgan fingerprint density at radius 1 is 1.14 bits per heavy atom. The van der Waals surface area contributed by atoms with Crippen molar-refractivity contribution in [2.45, 2.75) is 23.8 Å². The van der Waals surface area contributed by atoms with E-state index in [0.29, 0.717) is 37.3 Å². The number of thioether (sulfide) groups is 1. The quantitative estimate of drug-likeness (QED) is 0.630. The second-order valence-corrected chi connectivity index (χ2v) is 7.94. The lowest BCUT2D eigenvalue weighted by Gasteiger charge is -2.30. The van der Waals surface area contributed by atoms with Crippen molar-refractivity contribution in [2.75, 3.05) is 26.3 Å². The van der Waals surface area contributed by atoms with Gasteiger partial charge in [-0.05, 0) is 17.5 Å². The summed E-state index contributed by atoms with van der Waals surface area (Å²) in [6.45, 7) is 4.53. The summed E-state index contributed by atoms with van der Waals surface area (Å²) in [6, 6.07) is 18.1. The van der Waals surface area contributed by atoms with Gasteiger partial charge in [0.25, 0.3) is 0 Å². The maximum Gasteiger partial charge on any atom is 0.240 e. The van der Waals surface area contributed by atoms with Crippen molar-refractivity contribution in [1.82, 2.24) is 20.1 Å². The summed E-state index contributed by atoms with van der Waals surface area (Å²) >= 11 is 1.38. The van der Waals surface area contributed by atoms with E-state index in [1.54, 1.807) is 0 Å². The van der Waals surface area contributed by atoms with Gasteiger partial charge in [0.2, 0.25) is 11.1 Å². The predicted octanol–water partition coefficient (Wildman–Crippen LogP) is 3.73. The monoisotopic (exact) mass is 408 g/mol. The molecule has 0 saturated carbocycles. The Morgan fingerprint density at radius 2 is 1.86 bits per heavy atom. The van der Waals surface area contributed by atoms with E-state index in [2.05, 4.69) is 34.2 Å². The summed E-state index contributed by atoms with van der Waals surface area (Å²) in [5.74, 6) is 0.781. The van der Waals surface area contributed by atoms with E-state index in [9.17, 15) is 4.79 Å². The molecule has 1 fully saturated rings. The molecule has 0 bridgehead atoms. The Kier molecular flexibility index (Phi) is 6.27. The van der Waals surface area contributed by atoms with Crippen molar-refractivity contribution in [1.29, 1.82) is 0 Å². The van der Waals surface area contributed by atoms with Gasteiger partial charge in [0, 0.05) is 18.7 Å². The molecule has 3 aromatic rings. The van der Waals surface area contributed by atoms with Crippen LogP contribution >= 0.6 is 11.8 Å². The molecule has 6 nitrogen and oxygen atoms in total. The molecule has 1 saturated heterocycles. The first-order valence-corrected chi connectivity index (χ1v) is 10.7. The maximum absolute atomic E-state index is 13.2. The smallest absolute Gasteiger partial charge is 0.240 e. The average molecular weight is 409 g/mol. The largest absolute Gasteiger partial charge is 0.378 e. The van der Waals surface area contributed by atoms with Crippen molar-refractivity contribution in [3.05, 3.63) is 65.7 Å². The summed E-state index contributed by atoms with van der Waals surface area (Å²) in [4.78, 5) is 19.7. The number of aromatic amines is 1. The lowest BCUT2D eigenvalue weighted by molar-refractivity contribution is -0.134. The van der Waals surface area contributed by atoms with Gasteiger partial charge < -0.3 is 9.64 Å². The number of carbonyl (C=O) groups excluding carboxylic acids is 1. The van der Waals surface area contributed by atoms with E-state index >= 15 is 0 Å². The molecule has 29 heavy (non-hydrogen) atoms. The first kappa shape index (κ1) is 19.7. The van der Waals surface area contributed by atoms with Crippen molar-refractivity contribution in [3.63, 3.8) is 0 Å². The van der Waals surface area contributed by atoms with Gasteiger partial charge >= 0.3 is 0 Å². The number of hydrogen-bond donors (Lipinski definition) is 1. The minimum atomic E-state index is -0.389. The molecular weight excluding hydrogens is 384 g/mol. The maximum atomic E-state index is 13.2. The second-order valence-electron chi connectivity index (χ2n) is 6.86. The molecule has 4 rings (SSSR count). The summed E-state index contributed by atoms with van der Waals surface area (Å²) in [6.07, 6.45) is 1.00. The molecule has 2 aromatic carbocycles. The van der Waals surface area contributed by atoms with Gasteiger partial charge in [-0.15, -0.1) is 5.10 Å². The van der Waals surface area contributed by atoms with Gasteiger partial charge in [-0.3, -0.25) is 9.89 Å². The fourth-order valence-corrected chi connectivity index (χ4v) is 4.27. The van der Waals surface area contributed by atoms with E-state index < -0.39 is 0 Å². The van der Waals surface area contributed by atoms with Crippen LogP contribution in [0.3, 0.4) is 0 Å². The Hall–Kier alpha value is -2.64. The van der Waals surface area contributed by atoms with Crippen LogP contribution in [0.15, 0.2) is 59.8 Å². The summed E-state index contributed by atoms with van der Waals surface area (Å²) in [7, 11) is 0. The Morgan fingerprint density at radius 3 is 2.55 bits per heavy atom. The number of amides is 1. The molecule has 150 valence electrons. The molecule has 1 aliphatic rings. The van der Waals surface area contributed by atoms with Gasteiger partial charge in [-0.1, -0.05) is 73.3 Å². The van der Waals surface area contributed by atoms with Crippen LogP contribution in [0.5, 0.6) is 0 Å². The molecule has 7 heteroatoms. The summed E-state index contributed by atoms with van der Waals surface area (Å²) in [5.41, 5.74) is 3.22. The van der Waals surface area contributed by atoms with Crippen LogP contribution in [0, 0.1) is 0 Å². The van der Waals surface area contributed by atoms with E-state index in [0.717, 1.165) is 17.5 Å². The number of aryl methyl sites for hydroxylation is 1.